The molecule has 4 aromatic carbocycles. The van der Waals surface area contributed by atoms with Crippen LogP contribution in [0, 0.1) is 13.8 Å². The van der Waals surface area contributed by atoms with Crippen molar-refractivity contribution in [2.24, 2.45) is 0 Å². The van der Waals surface area contributed by atoms with Gasteiger partial charge in [-0.1, -0.05) is 71.8 Å². The summed E-state index contributed by atoms with van der Waals surface area (Å²) in [7, 11) is -8.93. The maximum Gasteiger partial charge on any atom is 0.326 e. The number of aryl methyl sites for hydroxylation is 2. The molecule has 6 aromatic rings. The topological polar surface area (TPSA) is 186 Å². The van der Waals surface area contributed by atoms with Crippen LogP contribution in [0.2, 0.25) is 0 Å². The van der Waals surface area contributed by atoms with Gasteiger partial charge in [0.05, 0.1) is 34.3 Å². The minimum Gasteiger partial charge on any atom is -0.290 e. The number of fused-ring (bicyclic) bond motifs is 6. The Bertz CT molecular complexity index is 2480. The lowest BCUT2D eigenvalue weighted by Gasteiger charge is -2.10. The lowest BCUT2D eigenvalue weighted by Crippen LogP contribution is -2.21. The first-order chi connectivity index (χ1) is 24.7. The predicted octanol–water partition coefficient (Wildman–Crippen LogP) is 6.07. The summed E-state index contributed by atoms with van der Waals surface area (Å²) in [6, 6.07) is 24.0. The molecular formula is C37H32N6O7S2. The van der Waals surface area contributed by atoms with Gasteiger partial charge in [-0.05, 0) is 60.4 Å². The molecule has 0 spiro atoms. The Hall–Kier alpha value is -5.61. The van der Waals surface area contributed by atoms with E-state index in [1.807, 2.05) is 62.4 Å². The second-order valence-corrected chi connectivity index (χ2v) is 16.0. The fourth-order valence-corrected chi connectivity index (χ4v) is 7.92. The Morgan fingerprint density at radius 1 is 0.635 bits per heavy atom. The summed E-state index contributed by atoms with van der Waals surface area (Å²) in [5.41, 5.74) is 9.50. The van der Waals surface area contributed by atoms with E-state index in [4.69, 9.17) is 10.2 Å². The number of nitrogens with zero attached hydrogens (tertiary/aromatic N) is 4. The third-order valence-corrected chi connectivity index (χ3v) is 11.2. The van der Waals surface area contributed by atoms with Gasteiger partial charge in [0.25, 0.3) is 20.2 Å². The number of urea groups is 1. The number of rotatable bonds is 8. The molecule has 2 aliphatic rings. The fraction of sp³-hybridized carbons (Fsp3) is 0.162. The van der Waals surface area contributed by atoms with Gasteiger partial charge in [0, 0.05) is 35.1 Å². The molecule has 8 rings (SSSR count). The van der Waals surface area contributed by atoms with Crippen molar-refractivity contribution < 1.29 is 30.7 Å². The summed E-state index contributed by atoms with van der Waals surface area (Å²) in [5, 5.41) is 15.3. The highest BCUT2D eigenvalue weighted by molar-refractivity contribution is 7.86. The molecular weight excluding hydrogens is 705 g/mol. The van der Waals surface area contributed by atoms with E-state index in [9.17, 15) is 30.7 Å². The van der Waals surface area contributed by atoms with Crippen LogP contribution in [0.4, 0.5) is 16.4 Å². The van der Waals surface area contributed by atoms with Crippen LogP contribution >= 0.6 is 0 Å². The number of carbonyl (C=O) groups is 1. The summed E-state index contributed by atoms with van der Waals surface area (Å²) in [6.45, 7) is 4.64. The number of hydrogen-bond acceptors (Lipinski definition) is 7. The highest BCUT2D eigenvalue weighted by atomic mass is 32.2. The molecule has 264 valence electrons. The van der Waals surface area contributed by atoms with Crippen molar-refractivity contribution in [2.75, 3.05) is 10.6 Å². The van der Waals surface area contributed by atoms with Crippen LogP contribution in [0.5, 0.6) is 0 Å². The van der Waals surface area contributed by atoms with Crippen LogP contribution in [-0.2, 0) is 46.2 Å². The van der Waals surface area contributed by atoms with Gasteiger partial charge in [0.1, 0.15) is 0 Å². The molecule has 0 saturated carbocycles. The quantitative estimate of drug-likeness (QED) is 0.134. The maximum absolute atomic E-state index is 13.8. The summed E-state index contributed by atoms with van der Waals surface area (Å²) < 4.78 is 71.1. The lowest BCUT2D eigenvalue weighted by atomic mass is 10.1. The number of carbonyl (C=O) groups excluding carboxylic acids is 1. The van der Waals surface area contributed by atoms with Crippen molar-refractivity contribution in [1.29, 1.82) is 0 Å². The summed E-state index contributed by atoms with van der Waals surface area (Å²) in [6.07, 6.45) is 0.734. The average Bonchev–Trinajstić information content (AvgIpc) is 3.82. The molecule has 13 nitrogen and oxygen atoms in total. The molecule has 0 atom stereocenters. The van der Waals surface area contributed by atoms with Crippen molar-refractivity contribution in [3.8, 4) is 22.5 Å². The molecule has 0 radical (unpaired) electrons. The highest BCUT2D eigenvalue weighted by Crippen LogP contribution is 2.43. The molecule has 0 fully saturated rings. The van der Waals surface area contributed by atoms with E-state index in [1.54, 1.807) is 21.5 Å². The molecule has 15 heteroatoms. The van der Waals surface area contributed by atoms with E-state index >= 15 is 0 Å². The van der Waals surface area contributed by atoms with Gasteiger partial charge < -0.3 is 0 Å². The number of anilines is 2. The molecule has 4 N–H and O–H groups in total. The van der Waals surface area contributed by atoms with Gasteiger partial charge in [-0.15, -0.1) is 0 Å². The minimum atomic E-state index is -4.47. The van der Waals surface area contributed by atoms with Gasteiger partial charge in [0.2, 0.25) is 0 Å². The van der Waals surface area contributed by atoms with Crippen LogP contribution < -0.4 is 10.6 Å². The van der Waals surface area contributed by atoms with E-state index in [-0.39, 0.29) is 21.4 Å². The normalized spacial score (nSPS) is 13.0. The van der Waals surface area contributed by atoms with E-state index in [2.05, 4.69) is 10.6 Å². The zero-order chi connectivity index (χ0) is 36.5. The van der Waals surface area contributed by atoms with Gasteiger partial charge in [-0.3, -0.25) is 29.1 Å². The van der Waals surface area contributed by atoms with Gasteiger partial charge >= 0.3 is 6.03 Å². The molecule has 2 amide bonds. The molecule has 0 aliphatic heterocycles. The van der Waals surface area contributed by atoms with Crippen LogP contribution in [-0.4, -0.2) is 51.5 Å². The lowest BCUT2D eigenvalue weighted by molar-refractivity contribution is 0.262. The van der Waals surface area contributed by atoms with Crippen molar-refractivity contribution >= 4 is 37.9 Å². The highest BCUT2D eigenvalue weighted by Gasteiger charge is 2.32. The average molecular weight is 737 g/mol. The van der Waals surface area contributed by atoms with Crippen LogP contribution in [0.3, 0.4) is 0 Å². The Morgan fingerprint density at radius 3 is 1.38 bits per heavy atom. The van der Waals surface area contributed by atoms with Crippen molar-refractivity contribution in [2.45, 2.75) is 49.6 Å². The van der Waals surface area contributed by atoms with Crippen LogP contribution in [0.25, 0.3) is 22.5 Å². The Kier molecular flexibility index (Phi) is 7.91. The second-order valence-electron chi connectivity index (χ2n) is 13.2. The van der Waals surface area contributed by atoms with Crippen molar-refractivity contribution in [1.82, 2.24) is 19.6 Å². The fourth-order valence-electron chi connectivity index (χ4n) is 6.91. The smallest absolute Gasteiger partial charge is 0.290 e. The number of hydrogen-bond donors (Lipinski definition) is 4. The van der Waals surface area contributed by atoms with Crippen LogP contribution in [0.15, 0.2) is 94.7 Å². The molecule has 52 heavy (non-hydrogen) atoms. The number of benzene rings is 4. The van der Waals surface area contributed by atoms with Gasteiger partial charge in [0.15, 0.2) is 11.6 Å². The molecule has 2 heterocycles. The number of amides is 2. The first kappa shape index (κ1) is 33.5. The zero-order valence-electron chi connectivity index (χ0n) is 28.0. The summed E-state index contributed by atoms with van der Waals surface area (Å²) >= 11 is 0. The molecule has 2 aromatic heterocycles. The number of aromatic nitrogens is 4. The van der Waals surface area contributed by atoms with Crippen molar-refractivity contribution in [3.63, 3.8) is 0 Å². The third kappa shape index (κ3) is 6.17. The summed E-state index contributed by atoms with van der Waals surface area (Å²) in [4.78, 5) is 13.3. The van der Waals surface area contributed by atoms with E-state index in [1.165, 1.54) is 24.3 Å². The molecule has 2 aliphatic carbocycles. The third-order valence-electron chi connectivity index (χ3n) is 9.47. The summed E-state index contributed by atoms with van der Waals surface area (Å²) in [5.74, 6) is 0.557. The SMILES string of the molecule is Cc1ccc(Cn2nc(NC(=O)Nc3nn(Cc4ccc(C)cc4)c4c3Cc3ccc(S(=O)(=O)O)cc3-4)c3c2-c2cc(S(=O)(=O)O)ccc2C3)cc1. The standard InChI is InChI=1S/C37H32N6O7S2/c1-21-3-7-23(8-4-21)19-42-33-29-17-27(51(45,46)47)13-11-25(29)15-31(33)35(40-42)38-37(44)39-36-32-16-26-12-14-28(52(48,49)50)18-30(26)34(32)43(41-36)20-24-9-5-22(2)6-10-24/h3-14,17-18H,15-16,19-20H2,1-2H3,(H,45,46,47)(H,48,49,50)(H2,38,39,40,41,44). The predicted molar refractivity (Wildman–Crippen MR) is 194 cm³/mol. The maximum atomic E-state index is 13.8. The Labute approximate surface area is 299 Å². The van der Waals surface area contributed by atoms with Gasteiger partial charge in [-0.25, -0.2) is 4.79 Å². The molecule has 0 saturated heterocycles. The Balaban J connectivity index is 1.15. The van der Waals surface area contributed by atoms with E-state index < -0.39 is 26.3 Å². The van der Waals surface area contributed by atoms with Crippen LogP contribution in [0.1, 0.15) is 44.5 Å². The molecule has 0 unspecified atom stereocenters. The largest absolute Gasteiger partial charge is 0.326 e. The first-order valence-corrected chi connectivity index (χ1v) is 19.2. The second kappa shape index (κ2) is 12.3. The van der Waals surface area contributed by atoms with Gasteiger partial charge in [-0.2, -0.15) is 27.0 Å². The zero-order valence-corrected chi connectivity index (χ0v) is 29.6. The first-order valence-electron chi connectivity index (χ1n) is 16.3. The monoisotopic (exact) mass is 736 g/mol. The van der Waals surface area contributed by atoms with E-state index in [0.717, 1.165) is 33.4 Å². The molecule has 0 bridgehead atoms. The number of nitrogens with one attached hydrogen (secondary N) is 2. The minimum absolute atomic E-state index is 0.241. The Morgan fingerprint density at radius 2 is 1.02 bits per heavy atom. The van der Waals surface area contributed by atoms with Crippen molar-refractivity contribution in [3.05, 3.63) is 129 Å². The van der Waals surface area contributed by atoms with E-state index in [0.29, 0.717) is 59.6 Å².